The van der Waals surface area contributed by atoms with Gasteiger partial charge >= 0.3 is 0 Å². The highest BCUT2D eigenvalue weighted by atomic mass is 16.5. The summed E-state index contributed by atoms with van der Waals surface area (Å²) >= 11 is 0. The summed E-state index contributed by atoms with van der Waals surface area (Å²) in [7, 11) is 0. The van der Waals surface area contributed by atoms with Gasteiger partial charge in [0.05, 0.1) is 12.2 Å². The Kier molecular flexibility index (Phi) is 5.35. The fourth-order valence-electron chi connectivity index (χ4n) is 2.62. The summed E-state index contributed by atoms with van der Waals surface area (Å²) in [5.41, 5.74) is 0.827. The van der Waals surface area contributed by atoms with Crippen molar-refractivity contribution in [3.8, 4) is 11.5 Å². The van der Waals surface area contributed by atoms with Gasteiger partial charge in [0.1, 0.15) is 18.1 Å². The standard InChI is InChI=1S/C21H24N2O4/c1-21(2,3)20(25)22-15-9-10-17-18(13-15)27-14-19(24)23(17)11-12-26-16-7-5-4-6-8-16/h4-10,13H,11-12,14H2,1-3H3,(H,22,25). The average Bonchev–Trinajstić information content (AvgIpc) is 2.63. The van der Waals surface area contributed by atoms with Crippen LogP contribution in [0.25, 0.3) is 0 Å². The number of anilines is 2. The zero-order valence-electron chi connectivity index (χ0n) is 15.8. The molecule has 0 atom stereocenters. The summed E-state index contributed by atoms with van der Waals surface area (Å²) in [6.45, 7) is 6.31. The second-order valence-corrected chi connectivity index (χ2v) is 7.38. The van der Waals surface area contributed by atoms with Crippen molar-refractivity contribution in [3.05, 3.63) is 48.5 Å². The highest BCUT2D eigenvalue weighted by Crippen LogP contribution is 2.34. The van der Waals surface area contributed by atoms with Crippen molar-refractivity contribution in [2.24, 2.45) is 5.41 Å². The maximum atomic E-state index is 12.3. The smallest absolute Gasteiger partial charge is 0.265 e. The van der Waals surface area contributed by atoms with E-state index in [0.717, 1.165) is 5.75 Å². The Labute approximate surface area is 159 Å². The Morgan fingerprint density at radius 2 is 1.93 bits per heavy atom. The summed E-state index contributed by atoms with van der Waals surface area (Å²) < 4.78 is 11.2. The second-order valence-electron chi connectivity index (χ2n) is 7.38. The predicted octanol–water partition coefficient (Wildman–Crippen LogP) is 3.48. The summed E-state index contributed by atoms with van der Waals surface area (Å²) in [5.74, 6) is 1.13. The van der Waals surface area contributed by atoms with Gasteiger partial charge in [0.25, 0.3) is 5.91 Å². The minimum atomic E-state index is -0.493. The molecule has 1 aliphatic heterocycles. The van der Waals surface area contributed by atoms with Gasteiger partial charge in [-0.15, -0.1) is 0 Å². The molecular weight excluding hydrogens is 344 g/mol. The highest BCUT2D eigenvalue weighted by Gasteiger charge is 2.27. The number of hydrogen-bond donors (Lipinski definition) is 1. The predicted molar refractivity (Wildman–Crippen MR) is 104 cm³/mol. The highest BCUT2D eigenvalue weighted by molar-refractivity contribution is 5.99. The number of carbonyl (C=O) groups is 2. The molecule has 0 saturated heterocycles. The number of nitrogens with zero attached hydrogens (tertiary/aromatic N) is 1. The van der Waals surface area contributed by atoms with Crippen LogP contribution in [0.5, 0.6) is 11.5 Å². The maximum Gasteiger partial charge on any atom is 0.265 e. The molecule has 0 bridgehead atoms. The van der Waals surface area contributed by atoms with Crippen molar-refractivity contribution in [2.45, 2.75) is 20.8 Å². The van der Waals surface area contributed by atoms with Gasteiger partial charge in [-0.25, -0.2) is 0 Å². The molecule has 1 N–H and O–H groups in total. The lowest BCUT2D eigenvalue weighted by Gasteiger charge is -2.30. The van der Waals surface area contributed by atoms with Crippen LogP contribution in [0.3, 0.4) is 0 Å². The molecule has 27 heavy (non-hydrogen) atoms. The van der Waals surface area contributed by atoms with Crippen molar-refractivity contribution in [1.29, 1.82) is 0 Å². The van der Waals surface area contributed by atoms with Crippen LogP contribution in [0, 0.1) is 5.41 Å². The molecule has 2 amide bonds. The maximum absolute atomic E-state index is 12.3. The molecule has 0 radical (unpaired) electrons. The van der Waals surface area contributed by atoms with Gasteiger partial charge in [0, 0.05) is 17.2 Å². The van der Waals surface area contributed by atoms with Crippen molar-refractivity contribution < 1.29 is 19.1 Å². The molecule has 1 heterocycles. The molecule has 6 heteroatoms. The molecule has 6 nitrogen and oxygen atoms in total. The van der Waals surface area contributed by atoms with Crippen LogP contribution in [0.15, 0.2) is 48.5 Å². The molecule has 0 aliphatic carbocycles. The van der Waals surface area contributed by atoms with Crippen molar-refractivity contribution in [3.63, 3.8) is 0 Å². The topological polar surface area (TPSA) is 67.9 Å². The summed E-state index contributed by atoms with van der Waals surface area (Å²) in [5, 5.41) is 2.88. The SMILES string of the molecule is CC(C)(C)C(=O)Nc1ccc2c(c1)OCC(=O)N2CCOc1ccccc1. The third-order valence-corrected chi connectivity index (χ3v) is 4.17. The van der Waals surface area contributed by atoms with Gasteiger partial charge in [-0.1, -0.05) is 39.0 Å². The van der Waals surface area contributed by atoms with E-state index >= 15 is 0 Å². The molecular formula is C21H24N2O4. The molecule has 3 rings (SSSR count). The van der Waals surface area contributed by atoms with E-state index in [1.807, 2.05) is 51.1 Å². The lowest BCUT2D eigenvalue weighted by molar-refractivity contribution is -0.123. The van der Waals surface area contributed by atoms with Crippen LogP contribution >= 0.6 is 0 Å². The third-order valence-electron chi connectivity index (χ3n) is 4.17. The van der Waals surface area contributed by atoms with E-state index in [1.165, 1.54) is 0 Å². The number of ether oxygens (including phenoxy) is 2. The zero-order valence-corrected chi connectivity index (χ0v) is 15.8. The molecule has 0 spiro atoms. The van der Waals surface area contributed by atoms with Gasteiger partial charge < -0.3 is 19.7 Å². The number of nitrogens with one attached hydrogen (secondary N) is 1. The van der Waals surface area contributed by atoms with Gasteiger partial charge in [-0.05, 0) is 24.3 Å². The first-order valence-electron chi connectivity index (χ1n) is 8.91. The molecule has 0 fully saturated rings. The number of para-hydroxylation sites is 1. The molecule has 2 aromatic carbocycles. The Balaban J connectivity index is 1.69. The first-order chi connectivity index (χ1) is 12.8. The van der Waals surface area contributed by atoms with Crippen LogP contribution in [-0.2, 0) is 9.59 Å². The van der Waals surface area contributed by atoms with Crippen LogP contribution in [0.4, 0.5) is 11.4 Å². The number of rotatable bonds is 5. The summed E-state index contributed by atoms with van der Waals surface area (Å²) in [4.78, 5) is 26.1. The first-order valence-corrected chi connectivity index (χ1v) is 8.91. The fourth-order valence-corrected chi connectivity index (χ4v) is 2.62. The van der Waals surface area contributed by atoms with Crippen molar-refractivity contribution in [1.82, 2.24) is 0 Å². The fraction of sp³-hybridized carbons (Fsp3) is 0.333. The number of hydrogen-bond acceptors (Lipinski definition) is 4. The minimum Gasteiger partial charge on any atom is -0.492 e. The quantitative estimate of drug-likeness (QED) is 0.877. The Hall–Kier alpha value is -3.02. The molecule has 0 saturated carbocycles. The Bertz CT molecular complexity index is 828. The first kappa shape index (κ1) is 18.8. The molecule has 142 valence electrons. The van der Waals surface area contributed by atoms with Crippen molar-refractivity contribution in [2.75, 3.05) is 30.0 Å². The molecule has 0 unspecified atom stereocenters. The van der Waals surface area contributed by atoms with Crippen LogP contribution in [0.1, 0.15) is 20.8 Å². The number of carbonyl (C=O) groups excluding carboxylic acids is 2. The van der Waals surface area contributed by atoms with Gasteiger partial charge in [-0.2, -0.15) is 0 Å². The van der Waals surface area contributed by atoms with E-state index in [1.54, 1.807) is 23.1 Å². The van der Waals surface area contributed by atoms with Crippen LogP contribution in [0.2, 0.25) is 0 Å². The number of amides is 2. The minimum absolute atomic E-state index is 0.0327. The average molecular weight is 368 g/mol. The van der Waals surface area contributed by atoms with Crippen molar-refractivity contribution >= 4 is 23.2 Å². The van der Waals surface area contributed by atoms with E-state index in [0.29, 0.717) is 30.3 Å². The molecule has 0 aromatic heterocycles. The van der Waals surface area contributed by atoms with Crippen LogP contribution < -0.4 is 19.7 Å². The largest absolute Gasteiger partial charge is 0.492 e. The summed E-state index contributed by atoms with van der Waals surface area (Å²) in [6.07, 6.45) is 0. The Morgan fingerprint density at radius 1 is 1.19 bits per heavy atom. The second kappa shape index (κ2) is 7.70. The monoisotopic (exact) mass is 368 g/mol. The van der Waals surface area contributed by atoms with E-state index in [4.69, 9.17) is 9.47 Å². The summed E-state index contributed by atoms with van der Waals surface area (Å²) in [6, 6.07) is 14.8. The number of benzene rings is 2. The lowest BCUT2D eigenvalue weighted by atomic mass is 9.95. The number of fused-ring (bicyclic) bond motifs is 1. The zero-order chi connectivity index (χ0) is 19.4. The van der Waals surface area contributed by atoms with E-state index in [9.17, 15) is 9.59 Å². The third kappa shape index (κ3) is 4.58. The van der Waals surface area contributed by atoms with Gasteiger partial charge in [-0.3, -0.25) is 9.59 Å². The van der Waals surface area contributed by atoms with E-state index < -0.39 is 5.41 Å². The normalized spacial score (nSPS) is 13.6. The molecule has 2 aromatic rings. The van der Waals surface area contributed by atoms with Gasteiger partial charge in [0.15, 0.2) is 6.61 Å². The van der Waals surface area contributed by atoms with Crippen LogP contribution in [-0.4, -0.2) is 31.6 Å². The van der Waals surface area contributed by atoms with E-state index in [2.05, 4.69) is 5.32 Å². The molecule has 1 aliphatic rings. The van der Waals surface area contributed by atoms with Gasteiger partial charge in [0.2, 0.25) is 5.91 Å². The Morgan fingerprint density at radius 3 is 2.63 bits per heavy atom. The lowest BCUT2D eigenvalue weighted by Crippen LogP contribution is -2.41. The van der Waals surface area contributed by atoms with E-state index in [-0.39, 0.29) is 18.4 Å².